The number of halogens is 1. The van der Waals surface area contributed by atoms with E-state index in [1.54, 1.807) is 13.0 Å². The molecule has 100 valence electrons. The lowest BCUT2D eigenvalue weighted by molar-refractivity contribution is 0.561. The Bertz CT molecular complexity index is 546. The number of benzene rings is 1. The summed E-state index contributed by atoms with van der Waals surface area (Å²) in [4.78, 5) is -0.103. The summed E-state index contributed by atoms with van der Waals surface area (Å²) in [6.07, 6.45) is 0. The first-order valence-electron chi connectivity index (χ1n) is 5.30. The predicted octanol–water partition coefficient (Wildman–Crippen LogP) is 1.48. The molecule has 0 aliphatic carbocycles. The zero-order valence-electron chi connectivity index (χ0n) is 10.1. The van der Waals surface area contributed by atoms with Gasteiger partial charge in [-0.05, 0) is 31.5 Å². The molecule has 2 atom stereocenters. The summed E-state index contributed by atoms with van der Waals surface area (Å²) in [6, 6.07) is 5.18. The largest absolute Gasteiger partial charge is 0.392 e. The predicted molar refractivity (Wildman–Crippen MR) is 73.1 cm³/mol. The molecule has 0 aliphatic rings. The van der Waals surface area contributed by atoms with E-state index in [2.05, 4.69) is 16.9 Å². The van der Waals surface area contributed by atoms with Crippen LogP contribution in [0.4, 0.5) is 4.39 Å². The highest BCUT2D eigenvalue weighted by Crippen LogP contribution is 2.15. The highest BCUT2D eigenvalue weighted by Gasteiger charge is 2.25. The molecular formula is C11H15FN2O2S2. The molecule has 4 nitrogen and oxygen atoms in total. The fourth-order valence-corrected chi connectivity index (χ4v) is 2.86. The third-order valence-electron chi connectivity index (χ3n) is 2.56. The SMILES string of the molecule is CC(NS(=O)(=O)C(C)C(N)=S)c1cccc(F)c1. The van der Waals surface area contributed by atoms with Crippen molar-refractivity contribution in [3.63, 3.8) is 0 Å². The molecule has 0 spiro atoms. The summed E-state index contributed by atoms with van der Waals surface area (Å²) in [6.45, 7) is 3.03. The number of nitrogens with two attached hydrogens (primary N) is 1. The van der Waals surface area contributed by atoms with Crippen LogP contribution in [-0.4, -0.2) is 18.7 Å². The molecule has 1 aromatic rings. The molecule has 0 saturated heterocycles. The summed E-state index contributed by atoms with van der Waals surface area (Å²) in [5.74, 6) is -0.416. The quantitative estimate of drug-likeness (QED) is 0.806. The van der Waals surface area contributed by atoms with Crippen LogP contribution in [0.3, 0.4) is 0 Å². The van der Waals surface area contributed by atoms with Crippen LogP contribution in [0.2, 0.25) is 0 Å². The van der Waals surface area contributed by atoms with Gasteiger partial charge in [0.05, 0.1) is 4.99 Å². The number of thiocarbonyl (C=S) groups is 1. The van der Waals surface area contributed by atoms with Crippen molar-refractivity contribution in [3.05, 3.63) is 35.6 Å². The molecule has 7 heteroatoms. The van der Waals surface area contributed by atoms with Gasteiger partial charge in [0.25, 0.3) is 0 Å². The van der Waals surface area contributed by atoms with E-state index in [0.717, 1.165) is 0 Å². The van der Waals surface area contributed by atoms with E-state index in [9.17, 15) is 12.8 Å². The van der Waals surface area contributed by atoms with Crippen molar-refractivity contribution in [2.45, 2.75) is 25.1 Å². The van der Waals surface area contributed by atoms with E-state index in [-0.39, 0.29) is 4.99 Å². The van der Waals surface area contributed by atoms with E-state index >= 15 is 0 Å². The van der Waals surface area contributed by atoms with Gasteiger partial charge < -0.3 is 5.73 Å². The summed E-state index contributed by atoms with van der Waals surface area (Å²) in [7, 11) is -3.66. The number of nitrogens with one attached hydrogen (secondary N) is 1. The molecule has 0 fully saturated rings. The molecule has 3 N–H and O–H groups in total. The maximum absolute atomic E-state index is 13.0. The Balaban J connectivity index is 2.88. The first kappa shape index (κ1) is 15.0. The molecule has 0 saturated carbocycles. The lowest BCUT2D eigenvalue weighted by Crippen LogP contribution is -2.41. The van der Waals surface area contributed by atoms with Crippen LogP contribution in [0.15, 0.2) is 24.3 Å². The maximum Gasteiger partial charge on any atom is 0.221 e. The molecule has 0 aliphatic heterocycles. The van der Waals surface area contributed by atoms with Gasteiger partial charge in [0.2, 0.25) is 10.0 Å². The van der Waals surface area contributed by atoms with E-state index in [4.69, 9.17) is 5.73 Å². The van der Waals surface area contributed by atoms with Crippen LogP contribution in [0.5, 0.6) is 0 Å². The van der Waals surface area contributed by atoms with E-state index < -0.39 is 27.1 Å². The van der Waals surface area contributed by atoms with Crippen molar-refractivity contribution in [2.24, 2.45) is 5.73 Å². The van der Waals surface area contributed by atoms with Crippen LogP contribution in [0.1, 0.15) is 25.5 Å². The molecular weight excluding hydrogens is 275 g/mol. The fraction of sp³-hybridized carbons (Fsp3) is 0.364. The Morgan fingerprint density at radius 1 is 1.44 bits per heavy atom. The highest BCUT2D eigenvalue weighted by molar-refractivity contribution is 7.93. The van der Waals surface area contributed by atoms with Gasteiger partial charge in [0, 0.05) is 6.04 Å². The smallest absolute Gasteiger partial charge is 0.221 e. The average Bonchev–Trinajstić information content (AvgIpc) is 2.27. The summed E-state index contributed by atoms with van der Waals surface area (Å²) in [5.41, 5.74) is 5.85. The Hall–Kier alpha value is -1.05. The van der Waals surface area contributed by atoms with Gasteiger partial charge in [-0.1, -0.05) is 24.4 Å². The van der Waals surface area contributed by atoms with Gasteiger partial charge in [-0.15, -0.1) is 0 Å². The van der Waals surface area contributed by atoms with Crippen molar-refractivity contribution in [3.8, 4) is 0 Å². The van der Waals surface area contributed by atoms with Crippen molar-refractivity contribution >= 4 is 27.2 Å². The van der Waals surface area contributed by atoms with Crippen molar-refractivity contribution in [1.82, 2.24) is 4.72 Å². The minimum absolute atomic E-state index is 0.103. The molecule has 0 aromatic heterocycles. The summed E-state index contributed by atoms with van der Waals surface area (Å²) in [5, 5.41) is -0.969. The van der Waals surface area contributed by atoms with Crippen molar-refractivity contribution in [1.29, 1.82) is 0 Å². The van der Waals surface area contributed by atoms with E-state index in [0.29, 0.717) is 5.56 Å². The molecule has 18 heavy (non-hydrogen) atoms. The second kappa shape index (κ2) is 5.73. The summed E-state index contributed by atoms with van der Waals surface area (Å²) >= 11 is 4.66. The molecule has 1 rings (SSSR count). The van der Waals surface area contributed by atoms with Gasteiger partial charge in [-0.25, -0.2) is 17.5 Å². The minimum Gasteiger partial charge on any atom is -0.392 e. The van der Waals surface area contributed by atoms with E-state index in [1.165, 1.54) is 25.1 Å². The fourth-order valence-electron chi connectivity index (χ4n) is 1.35. The standard InChI is InChI=1S/C11H15FN2O2S2/c1-7(9-4-3-5-10(12)6-9)14-18(15,16)8(2)11(13)17/h3-8,14H,1-2H3,(H2,13,17). The van der Waals surface area contributed by atoms with E-state index in [1.807, 2.05) is 0 Å². The normalized spacial score (nSPS) is 15.1. The highest BCUT2D eigenvalue weighted by atomic mass is 32.2. The van der Waals surface area contributed by atoms with Gasteiger partial charge in [0.1, 0.15) is 11.1 Å². The molecule has 0 radical (unpaired) electrons. The van der Waals surface area contributed by atoms with Gasteiger partial charge in [-0.3, -0.25) is 0 Å². The monoisotopic (exact) mass is 290 g/mol. The first-order valence-corrected chi connectivity index (χ1v) is 7.25. The molecule has 0 bridgehead atoms. The molecule has 0 heterocycles. The van der Waals surface area contributed by atoms with Crippen LogP contribution >= 0.6 is 12.2 Å². The van der Waals surface area contributed by atoms with Crippen LogP contribution in [0, 0.1) is 5.82 Å². The average molecular weight is 290 g/mol. The third kappa shape index (κ3) is 3.72. The van der Waals surface area contributed by atoms with Crippen LogP contribution < -0.4 is 10.5 Å². The van der Waals surface area contributed by atoms with Gasteiger partial charge >= 0.3 is 0 Å². The minimum atomic E-state index is -3.66. The second-order valence-electron chi connectivity index (χ2n) is 3.98. The lowest BCUT2D eigenvalue weighted by atomic mass is 10.1. The molecule has 0 amide bonds. The number of rotatable bonds is 5. The maximum atomic E-state index is 13.0. The Kier molecular flexibility index (Phi) is 4.78. The first-order chi connectivity index (χ1) is 8.24. The second-order valence-corrected chi connectivity index (χ2v) is 6.49. The zero-order valence-corrected chi connectivity index (χ0v) is 11.7. The number of sulfonamides is 1. The molecule has 1 aromatic carbocycles. The number of hydrogen-bond acceptors (Lipinski definition) is 3. The topological polar surface area (TPSA) is 72.2 Å². The number of hydrogen-bond donors (Lipinski definition) is 2. The van der Waals surface area contributed by atoms with Gasteiger partial charge in [0.15, 0.2) is 0 Å². The van der Waals surface area contributed by atoms with Gasteiger partial charge in [-0.2, -0.15) is 0 Å². The Labute approximate surface area is 111 Å². The lowest BCUT2D eigenvalue weighted by Gasteiger charge is -2.18. The van der Waals surface area contributed by atoms with Crippen molar-refractivity contribution < 1.29 is 12.8 Å². The zero-order chi connectivity index (χ0) is 13.9. The van der Waals surface area contributed by atoms with Crippen LogP contribution in [0.25, 0.3) is 0 Å². The van der Waals surface area contributed by atoms with Crippen molar-refractivity contribution in [2.75, 3.05) is 0 Å². The molecule has 2 unspecified atom stereocenters. The summed E-state index contributed by atoms with van der Waals surface area (Å²) < 4.78 is 39.2. The third-order valence-corrected chi connectivity index (χ3v) is 4.93. The Morgan fingerprint density at radius 3 is 2.56 bits per heavy atom. The Morgan fingerprint density at radius 2 is 2.06 bits per heavy atom. The van der Waals surface area contributed by atoms with Crippen LogP contribution in [-0.2, 0) is 10.0 Å².